The molecule has 0 unspecified atom stereocenters. The third-order valence-electron chi connectivity index (χ3n) is 4.12. The van der Waals surface area contributed by atoms with Gasteiger partial charge in [-0.1, -0.05) is 26.0 Å². The minimum Gasteiger partial charge on any atom is -0.493 e. The van der Waals surface area contributed by atoms with E-state index in [-0.39, 0.29) is 36.4 Å². The molecule has 29 heavy (non-hydrogen) atoms. The molecule has 1 aromatic rings. The molecule has 1 amide bonds. The van der Waals surface area contributed by atoms with Crippen molar-refractivity contribution in [3.8, 4) is 5.75 Å². The summed E-state index contributed by atoms with van der Waals surface area (Å²) < 4.78 is 10.9. The largest absolute Gasteiger partial charge is 0.493 e. The van der Waals surface area contributed by atoms with Crippen LogP contribution in [-0.4, -0.2) is 52.3 Å². The first-order valence-electron chi connectivity index (χ1n) is 9.88. The number of ether oxygens (including phenoxy) is 2. The predicted octanol–water partition coefficient (Wildman–Crippen LogP) is 2.86. The number of methoxy groups -OCH3 is 1. The number of carbonyl (C=O) groups is 1. The van der Waals surface area contributed by atoms with Crippen molar-refractivity contribution in [2.24, 2.45) is 10.9 Å². The summed E-state index contributed by atoms with van der Waals surface area (Å²) in [6, 6.07) is 6.19. The third kappa shape index (κ3) is 12.6. The van der Waals surface area contributed by atoms with Crippen LogP contribution in [0.2, 0.25) is 0 Å². The lowest BCUT2D eigenvalue weighted by Crippen LogP contribution is -2.43. The number of rotatable bonds is 12. The van der Waals surface area contributed by atoms with Gasteiger partial charge in [0.1, 0.15) is 5.75 Å². The highest BCUT2D eigenvalue weighted by molar-refractivity contribution is 14.0. The zero-order valence-electron chi connectivity index (χ0n) is 18.3. The van der Waals surface area contributed by atoms with Gasteiger partial charge >= 0.3 is 0 Å². The second-order valence-electron chi connectivity index (χ2n) is 7.12. The van der Waals surface area contributed by atoms with E-state index in [0.29, 0.717) is 38.2 Å². The van der Waals surface area contributed by atoms with Crippen LogP contribution in [0.15, 0.2) is 23.2 Å². The van der Waals surface area contributed by atoms with E-state index in [4.69, 9.17) is 9.47 Å². The molecule has 0 aliphatic rings. The van der Waals surface area contributed by atoms with Crippen molar-refractivity contribution < 1.29 is 14.3 Å². The first-order valence-corrected chi connectivity index (χ1v) is 9.88. The van der Waals surface area contributed by atoms with Crippen molar-refractivity contribution in [2.75, 3.05) is 40.5 Å². The summed E-state index contributed by atoms with van der Waals surface area (Å²) >= 11 is 0. The Morgan fingerprint density at radius 1 is 1.17 bits per heavy atom. The monoisotopic (exact) mass is 520 g/mol. The molecule has 0 heterocycles. The Balaban J connectivity index is 0.00000784. The van der Waals surface area contributed by atoms with Gasteiger partial charge in [-0.2, -0.15) is 0 Å². The molecule has 0 spiro atoms. The van der Waals surface area contributed by atoms with Gasteiger partial charge in [-0.3, -0.25) is 9.79 Å². The topological polar surface area (TPSA) is 84.0 Å². The van der Waals surface area contributed by atoms with E-state index >= 15 is 0 Å². The molecule has 0 bridgehead atoms. The maximum atomic E-state index is 11.8. The maximum absolute atomic E-state index is 11.8. The molecule has 8 heteroatoms. The zero-order chi connectivity index (χ0) is 20.8. The molecule has 0 radical (unpaired) electrons. The molecule has 0 saturated heterocycles. The summed E-state index contributed by atoms with van der Waals surface area (Å²) in [7, 11) is 3.28. The Labute approximate surface area is 192 Å². The predicted molar refractivity (Wildman–Crippen MR) is 129 cm³/mol. The number of nitrogens with one attached hydrogen (secondary N) is 3. The van der Waals surface area contributed by atoms with Crippen LogP contribution in [0.4, 0.5) is 0 Å². The molecule has 0 atom stereocenters. The number of amides is 1. The van der Waals surface area contributed by atoms with Crippen molar-refractivity contribution in [1.82, 2.24) is 16.0 Å². The summed E-state index contributed by atoms with van der Waals surface area (Å²) in [5.74, 6) is 2.03. The van der Waals surface area contributed by atoms with Crippen LogP contribution in [0.1, 0.15) is 37.8 Å². The van der Waals surface area contributed by atoms with Crippen molar-refractivity contribution in [2.45, 2.75) is 40.2 Å². The van der Waals surface area contributed by atoms with Gasteiger partial charge < -0.3 is 25.4 Å². The van der Waals surface area contributed by atoms with Crippen LogP contribution >= 0.6 is 24.0 Å². The molecule has 3 N–H and O–H groups in total. The number of carbonyl (C=O) groups excluding carboxylic acids is 1. The lowest BCUT2D eigenvalue weighted by atomic mass is 10.1. The highest BCUT2D eigenvalue weighted by Gasteiger charge is 2.07. The van der Waals surface area contributed by atoms with Crippen molar-refractivity contribution in [3.63, 3.8) is 0 Å². The van der Waals surface area contributed by atoms with E-state index in [0.717, 1.165) is 29.7 Å². The van der Waals surface area contributed by atoms with E-state index in [1.807, 2.05) is 0 Å². The standard InChI is InChI=1S/C21H36N4O3.HI/c1-16(2)7-6-11-28-19-13-17(3)8-9-18(19)14-24-21(22-4)25-15-20(26)23-10-12-27-5;/h8-9,13,16H,6-7,10-12,14-15H2,1-5H3,(H,23,26)(H2,22,24,25);1H. The average Bonchev–Trinajstić information content (AvgIpc) is 2.66. The quantitative estimate of drug-likeness (QED) is 0.171. The lowest BCUT2D eigenvalue weighted by molar-refractivity contribution is -0.120. The lowest BCUT2D eigenvalue weighted by Gasteiger charge is -2.16. The van der Waals surface area contributed by atoms with Gasteiger partial charge in [0.05, 0.1) is 19.8 Å². The van der Waals surface area contributed by atoms with E-state index < -0.39 is 0 Å². The van der Waals surface area contributed by atoms with Crippen LogP contribution in [0.25, 0.3) is 0 Å². The van der Waals surface area contributed by atoms with Gasteiger partial charge in [-0.25, -0.2) is 0 Å². The van der Waals surface area contributed by atoms with Gasteiger partial charge in [0.25, 0.3) is 0 Å². The molecule has 1 rings (SSSR count). The molecule has 7 nitrogen and oxygen atoms in total. The van der Waals surface area contributed by atoms with E-state index in [1.165, 1.54) is 0 Å². The fraction of sp³-hybridized carbons (Fsp3) is 0.619. The first-order chi connectivity index (χ1) is 13.5. The van der Waals surface area contributed by atoms with Crippen LogP contribution in [0.3, 0.4) is 0 Å². The highest BCUT2D eigenvalue weighted by Crippen LogP contribution is 2.21. The summed E-state index contributed by atoms with van der Waals surface area (Å²) in [6.07, 6.45) is 2.20. The minimum absolute atomic E-state index is 0. The van der Waals surface area contributed by atoms with Crippen LogP contribution in [-0.2, 0) is 16.1 Å². The van der Waals surface area contributed by atoms with Crippen molar-refractivity contribution in [3.05, 3.63) is 29.3 Å². The number of guanidine groups is 1. The number of hydrogen-bond donors (Lipinski definition) is 3. The molecular weight excluding hydrogens is 483 g/mol. The Kier molecular flexibility index (Phi) is 15.4. The van der Waals surface area contributed by atoms with E-state index in [2.05, 4.69) is 59.9 Å². The fourth-order valence-electron chi connectivity index (χ4n) is 2.53. The SMILES string of the molecule is CN=C(NCC(=O)NCCOC)NCc1ccc(C)cc1OCCCC(C)C.I. The van der Waals surface area contributed by atoms with Gasteiger partial charge in [0, 0.05) is 32.8 Å². The maximum Gasteiger partial charge on any atom is 0.239 e. The average molecular weight is 520 g/mol. The number of nitrogens with zero attached hydrogens (tertiary/aromatic N) is 1. The molecule has 166 valence electrons. The molecule has 0 fully saturated rings. The van der Waals surface area contributed by atoms with Crippen LogP contribution in [0.5, 0.6) is 5.75 Å². The van der Waals surface area contributed by atoms with Gasteiger partial charge in [-0.05, 0) is 37.3 Å². The normalized spacial score (nSPS) is 11.0. The highest BCUT2D eigenvalue weighted by atomic mass is 127. The summed E-state index contributed by atoms with van der Waals surface area (Å²) in [6.45, 7) is 8.90. The van der Waals surface area contributed by atoms with Gasteiger partial charge in [-0.15, -0.1) is 24.0 Å². The Hall–Kier alpha value is -1.55. The molecule has 0 aromatic heterocycles. The molecule has 1 aromatic carbocycles. The number of aliphatic imine (C=N–C) groups is 1. The summed E-state index contributed by atoms with van der Waals surface area (Å²) in [5.41, 5.74) is 2.22. The molecule has 0 aliphatic carbocycles. The summed E-state index contributed by atoms with van der Waals surface area (Å²) in [5, 5.41) is 9.00. The smallest absolute Gasteiger partial charge is 0.239 e. The Morgan fingerprint density at radius 3 is 2.59 bits per heavy atom. The van der Waals surface area contributed by atoms with Crippen molar-refractivity contribution in [1.29, 1.82) is 0 Å². The number of aryl methyl sites for hydroxylation is 1. The second-order valence-corrected chi connectivity index (χ2v) is 7.12. The van der Waals surface area contributed by atoms with Gasteiger partial charge in [0.2, 0.25) is 5.91 Å². The molecular formula is C21H37IN4O3. The fourth-order valence-corrected chi connectivity index (χ4v) is 2.53. The molecule has 0 saturated carbocycles. The minimum atomic E-state index is -0.107. The summed E-state index contributed by atoms with van der Waals surface area (Å²) in [4.78, 5) is 15.9. The Morgan fingerprint density at radius 2 is 1.93 bits per heavy atom. The number of halogens is 1. The van der Waals surface area contributed by atoms with Crippen molar-refractivity contribution >= 4 is 35.8 Å². The first kappa shape index (κ1) is 27.5. The van der Waals surface area contributed by atoms with Crippen LogP contribution in [0, 0.1) is 12.8 Å². The Bertz CT molecular complexity index is 624. The molecule has 0 aliphatic heterocycles. The number of benzene rings is 1. The third-order valence-corrected chi connectivity index (χ3v) is 4.12. The van der Waals surface area contributed by atoms with Crippen LogP contribution < -0.4 is 20.7 Å². The van der Waals surface area contributed by atoms with Gasteiger partial charge in [0.15, 0.2) is 5.96 Å². The van der Waals surface area contributed by atoms with E-state index in [1.54, 1.807) is 14.2 Å². The zero-order valence-corrected chi connectivity index (χ0v) is 20.7. The number of hydrogen-bond acceptors (Lipinski definition) is 4. The van der Waals surface area contributed by atoms with E-state index in [9.17, 15) is 4.79 Å². The second kappa shape index (κ2) is 16.3.